The normalized spacial score (nSPS) is 29.5. The monoisotopic (exact) mass is 376 g/mol. The van der Waals surface area contributed by atoms with Crippen molar-refractivity contribution in [1.82, 2.24) is 0 Å². The highest BCUT2D eigenvalue weighted by Gasteiger charge is 2.41. The second-order valence-electron chi connectivity index (χ2n) is 10.4. The van der Waals surface area contributed by atoms with Gasteiger partial charge in [0.15, 0.2) is 0 Å². The molecule has 2 aliphatic carbocycles. The summed E-state index contributed by atoms with van der Waals surface area (Å²) in [6.45, 7) is 11.9. The second kappa shape index (κ2) is 11.6. The summed E-state index contributed by atoms with van der Waals surface area (Å²) < 4.78 is 0. The average Bonchev–Trinajstić information content (AvgIpc) is 3.27. The third-order valence-corrected chi connectivity index (χ3v) is 7.96. The van der Waals surface area contributed by atoms with Gasteiger partial charge in [0.25, 0.3) is 0 Å². The minimum absolute atomic E-state index is 0.0743. The van der Waals surface area contributed by atoms with Crippen molar-refractivity contribution in [3.8, 4) is 0 Å². The van der Waals surface area contributed by atoms with Crippen molar-refractivity contribution >= 4 is 0 Å². The molecule has 0 bridgehead atoms. The van der Waals surface area contributed by atoms with Gasteiger partial charge in [0.1, 0.15) is 0 Å². The smallest absolute Gasteiger partial charge is 0.0545 e. The Hall–Kier alpha value is -0.300. The Morgan fingerprint density at radius 2 is 1.74 bits per heavy atom. The van der Waals surface area contributed by atoms with E-state index in [1.807, 2.05) is 0 Å². The van der Waals surface area contributed by atoms with Gasteiger partial charge in [0, 0.05) is 0 Å². The Morgan fingerprint density at radius 1 is 1.04 bits per heavy atom. The number of aliphatic hydroxyl groups excluding tert-OH is 1. The van der Waals surface area contributed by atoms with Crippen molar-refractivity contribution in [3.05, 3.63) is 12.2 Å². The van der Waals surface area contributed by atoms with Crippen LogP contribution in [-0.4, -0.2) is 11.2 Å². The first-order chi connectivity index (χ1) is 13.0. The molecule has 1 saturated carbocycles. The van der Waals surface area contributed by atoms with Gasteiger partial charge in [-0.25, -0.2) is 0 Å². The molecular formula is C26H48O. The van der Waals surface area contributed by atoms with Crippen LogP contribution in [0.25, 0.3) is 0 Å². The molecule has 6 atom stereocenters. The van der Waals surface area contributed by atoms with Gasteiger partial charge in [-0.2, -0.15) is 0 Å². The molecule has 0 aliphatic heterocycles. The molecule has 1 N–H and O–H groups in total. The number of hydrogen-bond acceptors (Lipinski definition) is 1. The molecule has 0 aromatic carbocycles. The Labute approximate surface area is 170 Å². The molecule has 27 heavy (non-hydrogen) atoms. The molecule has 2 aliphatic rings. The predicted molar refractivity (Wildman–Crippen MR) is 119 cm³/mol. The van der Waals surface area contributed by atoms with Gasteiger partial charge in [0.2, 0.25) is 0 Å². The number of unbranched alkanes of at least 4 members (excludes halogenated alkanes) is 1. The van der Waals surface area contributed by atoms with Gasteiger partial charge in [-0.1, -0.05) is 72.5 Å². The van der Waals surface area contributed by atoms with E-state index in [0.717, 1.165) is 54.3 Å². The lowest BCUT2D eigenvalue weighted by molar-refractivity contribution is 0.0908. The lowest BCUT2D eigenvalue weighted by atomic mass is 9.71. The molecule has 1 nitrogen and oxygen atoms in total. The fourth-order valence-electron chi connectivity index (χ4n) is 6.28. The molecule has 2 rings (SSSR count). The minimum atomic E-state index is -0.0743. The highest BCUT2D eigenvalue weighted by molar-refractivity contribution is 4.99. The van der Waals surface area contributed by atoms with Crippen molar-refractivity contribution in [2.75, 3.05) is 0 Å². The largest absolute Gasteiger partial charge is 0.393 e. The van der Waals surface area contributed by atoms with Crippen LogP contribution in [0.2, 0.25) is 0 Å². The molecule has 1 fully saturated rings. The van der Waals surface area contributed by atoms with E-state index in [1.54, 1.807) is 0 Å². The molecule has 0 radical (unpaired) electrons. The van der Waals surface area contributed by atoms with Crippen molar-refractivity contribution in [2.45, 2.75) is 111 Å². The van der Waals surface area contributed by atoms with Gasteiger partial charge in [-0.3, -0.25) is 0 Å². The lowest BCUT2D eigenvalue weighted by Crippen LogP contribution is -2.28. The van der Waals surface area contributed by atoms with Crippen LogP contribution in [0, 0.1) is 41.4 Å². The summed E-state index contributed by atoms with van der Waals surface area (Å²) in [6, 6.07) is 0. The van der Waals surface area contributed by atoms with E-state index in [-0.39, 0.29) is 6.10 Å². The number of allylic oxidation sites excluding steroid dienone is 2. The summed E-state index contributed by atoms with van der Waals surface area (Å²) >= 11 is 0. The molecule has 0 saturated heterocycles. The molecule has 0 spiro atoms. The highest BCUT2D eigenvalue weighted by atomic mass is 16.3. The van der Waals surface area contributed by atoms with Crippen LogP contribution in [0.1, 0.15) is 105 Å². The van der Waals surface area contributed by atoms with Crippen molar-refractivity contribution in [1.29, 1.82) is 0 Å². The summed E-state index contributed by atoms with van der Waals surface area (Å²) in [7, 11) is 0. The van der Waals surface area contributed by atoms with E-state index in [0.29, 0.717) is 0 Å². The summed E-state index contributed by atoms with van der Waals surface area (Å²) in [4.78, 5) is 0. The first kappa shape index (κ1) is 23.0. The standard InChI is InChI=1S/C26H48O/c1-6-8-11-21(7-2)17-24(27)18-23-14-15-25(20(23)5)26(16-19(3)4)22-12-9-10-13-22/h9-10,19-27H,6-8,11-18H2,1-5H3/t20?,21-,23?,24?,25+,26?/m0/s1. The van der Waals surface area contributed by atoms with Crippen LogP contribution in [0.4, 0.5) is 0 Å². The zero-order valence-electron chi connectivity index (χ0n) is 19.0. The van der Waals surface area contributed by atoms with Gasteiger partial charge in [0.05, 0.1) is 6.10 Å². The molecule has 0 heterocycles. The van der Waals surface area contributed by atoms with Crippen LogP contribution in [-0.2, 0) is 0 Å². The van der Waals surface area contributed by atoms with Gasteiger partial charge < -0.3 is 5.11 Å². The fourth-order valence-corrected chi connectivity index (χ4v) is 6.28. The Bertz CT molecular complexity index is 418. The molecule has 0 amide bonds. The Kier molecular flexibility index (Phi) is 9.91. The quantitative estimate of drug-likeness (QED) is 0.347. The number of aliphatic hydroxyl groups is 1. The van der Waals surface area contributed by atoms with Gasteiger partial charge >= 0.3 is 0 Å². The fraction of sp³-hybridized carbons (Fsp3) is 0.923. The number of hydrogen-bond donors (Lipinski definition) is 1. The van der Waals surface area contributed by atoms with Crippen LogP contribution >= 0.6 is 0 Å². The van der Waals surface area contributed by atoms with E-state index in [9.17, 15) is 5.11 Å². The summed E-state index contributed by atoms with van der Waals surface area (Å²) in [5.74, 6) is 5.74. The van der Waals surface area contributed by atoms with E-state index in [4.69, 9.17) is 0 Å². The maximum atomic E-state index is 10.8. The first-order valence-electron chi connectivity index (χ1n) is 12.3. The van der Waals surface area contributed by atoms with E-state index in [2.05, 4.69) is 46.8 Å². The van der Waals surface area contributed by atoms with E-state index in [1.165, 1.54) is 57.8 Å². The third-order valence-electron chi connectivity index (χ3n) is 7.96. The average molecular weight is 377 g/mol. The summed E-state index contributed by atoms with van der Waals surface area (Å²) in [6.07, 6.45) is 18.7. The van der Waals surface area contributed by atoms with Gasteiger partial charge in [-0.15, -0.1) is 0 Å². The molecule has 158 valence electrons. The van der Waals surface area contributed by atoms with Crippen LogP contribution in [0.15, 0.2) is 12.2 Å². The van der Waals surface area contributed by atoms with Crippen LogP contribution < -0.4 is 0 Å². The SMILES string of the molecule is CCCC[C@H](CC)CC(O)CC1CC[C@@H](C(CC(C)C)C2CC=CC2)C1C. The zero-order chi connectivity index (χ0) is 19.8. The third kappa shape index (κ3) is 6.91. The van der Waals surface area contributed by atoms with E-state index >= 15 is 0 Å². The highest BCUT2D eigenvalue weighted by Crippen LogP contribution is 2.49. The van der Waals surface area contributed by atoms with Gasteiger partial charge in [-0.05, 0) is 86.4 Å². The second-order valence-corrected chi connectivity index (χ2v) is 10.4. The van der Waals surface area contributed by atoms with Crippen LogP contribution in [0.5, 0.6) is 0 Å². The summed E-state index contributed by atoms with van der Waals surface area (Å²) in [5, 5.41) is 10.8. The van der Waals surface area contributed by atoms with Crippen molar-refractivity contribution < 1.29 is 5.11 Å². The minimum Gasteiger partial charge on any atom is -0.393 e. The molecule has 0 aromatic heterocycles. The molecular weight excluding hydrogens is 328 g/mol. The number of rotatable bonds is 12. The zero-order valence-corrected chi connectivity index (χ0v) is 19.0. The first-order valence-corrected chi connectivity index (χ1v) is 12.3. The topological polar surface area (TPSA) is 20.2 Å². The van der Waals surface area contributed by atoms with Crippen LogP contribution in [0.3, 0.4) is 0 Å². The summed E-state index contributed by atoms with van der Waals surface area (Å²) in [5.41, 5.74) is 0. The Balaban J connectivity index is 1.89. The molecule has 4 unspecified atom stereocenters. The predicted octanol–water partition coefficient (Wildman–Crippen LogP) is 7.63. The van der Waals surface area contributed by atoms with Crippen molar-refractivity contribution in [3.63, 3.8) is 0 Å². The molecule has 1 heteroatoms. The Morgan fingerprint density at radius 3 is 2.33 bits per heavy atom. The molecule has 0 aromatic rings. The van der Waals surface area contributed by atoms with Crippen molar-refractivity contribution in [2.24, 2.45) is 41.4 Å². The maximum Gasteiger partial charge on any atom is 0.0545 e. The van der Waals surface area contributed by atoms with E-state index < -0.39 is 0 Å². The maximum absolute atomic E-state index is 10.8. The lowest BCUT2D eigenvalue weighted by Gasteiger charge is -2.35.